The number of hydrogen-bond acceptors (Lipinski definition) is 6. The van der Waals surface area contributed by atoms with E-state index in [1.54, 1.807) is 6.07 Å². The van der Waals surface area contributed by atoms with E-state index in [2.05, 4.69) is 9.97 Å². The number of aromatic nitrogens is 2. The first-order valence-corrected chi connectivity index (χ1v) is 7.93. The van der Waals surface area contributed by atoms with Crippen molar-refractivity contribution in [1.29, 1.82) is 0 Å². The SMILES string of the molecule is CCOc1cc(N2CCCC[C@@H]2C(=O)O)nc(SC)n1. The van der Waals surface area contributed by atoms with Gasteiger partial charge < -0.3 is 14.7 Å². The second-order valence-electron chi connectivity index (χ2n) is 4.53. The van der Waals surface area contributed by atoms with Crippen LogP contribution in [0.15, 0.2) is 11.2 Å². The Balaban J connectivity index is 2.33. The molecule has 1 aromatic heterocycles. The molecule has 0 unspecified atom stereocenters. The van der Waals surface area contributed by atoms with Crippen molar-refractivity contribution >= 4 is 23.5 Å². The van der Waals surface area contributed by atoms with Crippen molar-refractivity contribution in [2.75, 3.05) is 24.3 Å². The van der Waals surface area contributed by atoms with Crippen LogP contribution in [-0.2, 0) is 4.79 Å². The topological polar surface area (TPSA) is 75.5 Å². The number of nitrogens with zero attached hydrogens (tertiary/aromatic N) is 3. The van der Waals surface area contributed by atoms with Gasteiger partial charge in [-0.05, 0) is 32.4 Å². The van der Waals surface area contributed by atoms with E-state index in [-0.39, 0.29) is 0 Å². The average Bonchev–Trinajstić information content (AvgIpc) is 2.47. The summed E-state index contributed by atoms with van der Waals surface area (Å²) in [5.41, 5.74) is 0. The van der Waals surface area contributed by atoms with Crippen LogP contribution in [-0.4, -0.2) is 46.5 Å². The van der Waals surface area contributed by atoms with Gasteiger partial charge in [-0.1, -0.05) is 11.8 Å². The maximum atomic E-state index is 11.4. The van der Waals surface area contributed by atoms with Gasteiger partial charge >= 0.3 is 5.97 Å². The van der Waals surface area contributed by atoms with Gasteiger partial charge in [0, 0.05) is 12.6 Å². The molecule has 0 aliphatic carbocycles. The third kappa shape index (κ3) is 3.33. The summed E-state index contributed by atoms with van der Waals surface area (Å²) in [6.07, 6.45) is 4.45. The van der Waals surface area contributed by atoms with E-state index in [9.17, 15) is 9.90 Å². The van der Waals surface area contributed by atoms with Crippen LogP contribution >= 0.6 is 11.8 Å². The van der Waals surface area contributed by atoms with Crippen molar-refractivity contribution < 1.29 is 14.6 Å². The van der Waals surface area contributed by atoms with Crippen molar-refractivity contribution in [3.8, 4) is 5.88 Å². The average molecular weight is 297 g/mol. The highest BCUT2D eigenvalue weighted by Crippen LogP contribution is 2.27. The quantitative estimate of drug-likeness (QED) is 0.658. The highest BCUT2D eigenvalue weighted by molar-refractivity contribution is 7.98. The van der Waals surface area contributed by atoms with Gasteiger partial charge in [0.15, 0.2) is 5.16 Å². The number of aliphatic carboxylic acids is 1. The Morgan fingerprint density at radius 3 is 3.00 bits per heavy atom. The molecule has 110 valence electrons. The number of ether oxygens (including phenoxy) is 1. The summed E-state index contributed by atoms with van der Waals surface area (Å²) >= 11 is 1.42. The predicted molar refractivity (Wildman–Crippen MR) is 77.6 cm³/mol. The van der Waals surface area contributed by atoms with E-state index in [4.69, 9.17) is 4.74 Å². The third-order valence-electron chi connectivity index (χ3n) is 3.23. The Labute approximate surface area is 122 Å². The Kier molecular flexibility index (Phi) is 5.05. The largest absolute Gasteiger partial charge is 0.480 e. The molecule has 0 spiro atoms. The molecule has 0 aromatic carbocycles. The van der Waals surface area contributed by atoms with Crippen LogP contribution < -0.4 is 9.64 Å². The molecule has 7 heteroatoms. The molecule has 1 aliphatic heterocycles. The zero-order chi connectivity index (χ0) is 14.5. The van der Waals surface area contributed by atoms with Gasteiger partial charge in [0.2, 0.25) is 5.88 Å². The van der Waals surface area contributed by atoms with Gasteiger partial charge in [-0.15, -0.1) is 0 Å². The van der Waals surface area contributed by atoms with E-state index in [1.165, 1.54) is 11.8 Å². The summed E-state index contributed by atoms with van der Waals surface area (Å²) in [4.78, 5) is 21.9. The molecule has 1 aliphatic rings. The molecule has 20 heavy (non-hydrogen) atoms. The summed E-state index contributed by atoms with van der Waals surface area (Å²) in [7, 11) is 0. The molecular weight excluding hydrogens is 278 g/mol. The molecule has 0 bridgehead atoms. The highest BCUT2D eigenvalue weighted by Gasteiger charge is 2.30. The lowest BCUT2D eigenvalue weighted by atomic mass is 10.0. The van der Waals surface area contributed by atoms with Crippen LogP contribution in [0.4, 0.5) is 5.82 Å². The van der Waals surface area contributed by atoms with Crippen molar-refractivity contribution in [3.05, 3.63) is 6.07 Å². The second kappa shape index (κ2) is 6.78. The smallest absolute Gasteiger partial charge is 0.326 e. The maximum Gasteiger partial charge on any atom is 0.326 e. The fourth-order valence-corrected chi connectivity index (χ4v) is 2.68. The second-order valence-corrected chi connectivity index (χ2v) is 5.30. The normalized spacial score (nSPS) is 18.9. The Bertz CT molecular complexity index is 484. The first-order valence-electron chi connectivity index (χ1n) is 6.71. The monoisotopic (exact) mass is 297 g/mol. The van der Waals surface area contributed by atoms with E-state index >= 15 is 0 Å². The molecule has 1 atom stereocenters. The predicted octanol–water partition coefficient (Wildman–Crippen LogP) is 2.04. The van der Waals surface area contributed by atoms with Gasteiger partial charge in [-0.25, -0.2) is 9.78 Å². The van der Waals surface area contributed by atoms with Crippen LogP contribution in [0.2, 0.25) is 0 Å². The first-order chi connectivity index (χ1) is 9.65. The third-order valence-corrected chi connectivity index (χ3v) is 3.77. The molecule has 6 nitrogen and oxygen atoms in total. The van der Waals surface area contributed by atoms with E-state index in [1.807, 2.05) is 18.1 Å². The van der Waals surface area contributed by atoms with E-state index in [0.29, 0.717) is 36.4 Å². The number of thioether (sulfide) groups is 1. The summed E-state index contributed by atoms with van der Waals surface area (Å²) in [5.74, 6) is 0.337. The summed E-state index contributed by atoms with van der Waals surface area (Å²) in [6.45, 7) is 3.11. The zero-order valence-electron chi connectivity index (χ0n) is 11.7. The van der Waals surface area contributed by atoms with Crippen molar-refractivity contribution in [2.45, 2.75) is 37.4 Å². The van der Waals surface area contributed by atoms with Gasteiger partial charge in [-0.3, -0.25) is 0 Å². The molecule has 0 saturated carbocycles. The molecule has 2 rings (SSSR count). The minimum atomic E-state index is -0.799. The minimum absolute atomic E-state index is 0.497. The molecular formula is C13H19N3O3S. The molecule has 1 fully saturated rings. The van der Waals surface area contributed by atoms with Crippen molar-refractivity contribution in [3.63, 3.8) is 0 Å². The van der Waals surface area contributed by atoms with Crippen molar-refractivity contribution in [1.82, 2.24) is 9.97 Å². The molecule has 1 saturated heterocycles. The molecule has 1 aromatic rings. The van der Waals surface area contributed by atoms with Gasteiger partial charge in [0.05, 0.1) is 6.61 Å². The van der Waals surface area contributed by atoms with Crippen LogP contribution in [0.3, 0.4) is 0 Å². The first kappa shape index (κ1) is 14.9. The molecule has 0 radical (unpaired) electrons. The van der Waals surface area contributed by atoms with Crippen LogP contribution in [0.25, 0.3) is 0 Å². The standard InChI is InChI=1S/C13H19N3O3S/c1-3-19-11-8-10(14-13(15-11)20-2)16-7-5-4-6-9(16)12(17)18/h8-9H,3-7H2,1-2H3,(H,17,18)/t9-/m1/s1. The molecule has 0 amide bonds. The minimum Gasteiger partial charge on any atom is -0.480 e. The van der Waals surface area contributed by atoms with Crippen molar-refractivity contribution in [2.24, 2.45) is 0 Å². The zero-order valence-corrected chi connectivity index (χ0v) is 12.5. The van der Waals surface area contributed by atoms with Crippen LogP contribution in [0.5, 0.6) is 5.88 Å². The summed E-state index contributed by atoms with van der Waals surface area (Å²) < 4.78 is 5.44. The molecule has 2 heterocycles. The number of carboxylic acid groups (broad SMARTS) is 1. The highest BCUT2D eigenvalue weighted by atomic mass is 32.2. The lowest BCUT2D eigenvalue weighted by Gasteiger charge is -2.34. The number of hydrogen-bond donors (Lipinski definition) is 1. The maximum absolute atomic E-state index is 11.4. The summed E-state index contributed by atoms with van der Waals surface area (Å²) in [6, 6.07) is 1.22. The molecule has 1 N–H and O–H groups in total. The number of anilines is 1. The van der Waals surface area contributed by atoms with Crippen LogP contribution in [0.1, 0.15) is 26.2 Å². The van der Waals surface area contributed by atoms with E-state index in [0.717, 1.165) is 12.8 Å². The number of piperidine rings is 1. The lowest BCUT2D eigenvalue weighted by molar-refractivity contribution is -0.139. The number of carbonyl (C=O) groups is 1. The number of rotatable bonds is 5. The van der Waals surface area contributed by atoms with Gasteiger partial charge in [-0.2, -0.15) is 4.98 Å². The van der Waals surface area contributed by atoms with Crippen LogP contribution in [0, 0.1) is 0 Å². The van der Waals surface area contributed by atoms with Gasteiger partial charge in [0.1, 0.15) is 11.9 Å². The van der Waals surface area contributed by atoms with E-state index < -0.39 is 12.0 Å². The number of carboxylic acids is 1. The Morgan fingerprint density at radius 1 is 1.55 bits per heavy atom. The fourth-order valence-electron chi connectivity index (χ4n) is 2.32. The Hall–Kier alpha value is -1.50. The summed E-state index contributed by atoms with van der Waals surface area (Å²) in [5, 5.41) is 9.95. The lowest BCUT2D eigenvalue weighted by Crippen LogP contribution is -2.45. The fraction of sp³-hybridized carbons (Fsp3) is 0.615. The Morgan fingerprint density at radius 2 is 2.35 bits per heavy atom. The van der Waals surface area contributed by atoms with Gasteiger partial charge in [0.25, 0.3) is 0 Å².